The van der Waals surface area contributed by atoms with Crippen LogP contribution in [0.15, 0.2) is 17.0 Å². The number of hydrogen-bond acceptors (Lipinski definition) is 7. The molecule has 0 spiro atoms. The molecule has 10 nitrogen and oxygen atoms in total. The maximum atomic E-state index is 13.1. The third-order valence-corrected chi connectivity index (χ3v) is 9.27. The molecule has 0 bridgehead atoms. The molecule has 1 aliphatic heterocycles. The molecule has 1 heterocycles. The molecule has 1 aliphatic rings. The van der Waals surface area contributed by atoms with Gasteiger partial charge in [0.1, 0.15) is 12.4 Å². The quantitative estimate of drug-likeness (QED) is 0.332. The first-order chi connectivity index (χ1) is 17.5. The summed E-state index contributed by atoms with van der Waals surface area (Å²) in [5.41, 5.74) is 1.22. The number of methoxy groups -OCH3 is 1. The zero-order valence-electron chi connectivity index (χ0n) is 23.4. The molecular weight excluding hydrogens is 496 g/mol. The molecule has 1 saturated heterocycles. The summed E-state index contributed by atoms with van der Waals surface area (Å²) in [5.74, 6) is 0.546. The molecule has 11 heteroatoms. The van der Waals surface area contributed by atoms with Gasteiger partial charge in [0.15, 0.2) is 0 Å². The second kappa shape index (κ2) is 14.1. The van der Waals surface area contributed by atoms with Gasteiger partial charge in [-0.25, -0.2) is 8.42 Å². The highest BCUT2D eigenvalue weighted by molar-refractivity contribution is 7.89. The van der Waals surface area contributed by atoms with Gasteiger partial charge in [-0.1, -0.05) is 13.8 Å². The van der Waals surface area contributed by atoms with Crippen LogP contribution in [0.5, 0.6) is 5.75 Å². The summed E-state index contributed by atoms with van der Waals surface area (Å²) in [6.45, 7) is 11.5. The van der Waals surface area contributed by atoms with Crippen molar-refractivity contribution < 1.29 is 27.5 Å². The molecule has 1 fully saturated rings. The largest absolute Gasteiger partial charge is 0.497 e. The first-order valence-electron chi connectivity index (χ1n) is 12.9. The summed E-state index contributed by atoms with van der Waals surface area (Å²) in [5, 5.41) is 0. The molecule has 0 radical (unpaired) electrons. The molecule has 2 amide bonds. The van der Waals surface area contributed by atoms with E-state index in [9.17, 15) is 18.0 Å². The Balaban J connectivity index is 1.80. The number of sulfonamides is 1. The maximum absolute atomic E-state index is 13.1. The van der Waals surface area contributed by atoms with E-state index in [2.05, 4.69) is 18.7 Å². The van der Waals surface area contributed by atoms with Gasteiger partial charge in [0, 0.05) is 46.7 Å². The van der Waals surface area contributed by atoms with Gasteiger partial charge in [-0.2, -0.15) is 4.31 Å². The number of likely N-dealkylation sites (tertiary alicyclic amines) is 1. The molecule has 2 rings (SSSR count). The van der Waals surface area contributed by atoms with Crippen LogP contribution in [-0.4, -0.2) is 119 Å². The zero-order valence-corrected chi connectivity index (χ0v) is 24.3. The lowest BCUT2D eigenvalue weighted by Gasteiger charge is -2.25. The van der Waals surface area contributed by atoms with Gasteiger partial charge >= 0.3 is 0 Å². The number of carbonyl (C=O) groups excluding carboxylic acids is 2. The number of carbonyl (C=O) groups is 2. The molecule has 0 N–H and O–H groups in total. The second-order valence-electron chi connectivity index (χ2n) is 9.53. The fourth-order valence-corrected chi connectivity index (χ4v) is 6.16. The number of aryl methyl sites for hydroxylation is 2. The number of likely N-dealkylation sites (N-methyl/N-ethyl adjacent to an activating group) is 2. The van der Waals surface area contributed by atoms with Gasteiger partial charge < -0.3 is 24.2 Å². The Labute approximate surface area is 222 Å². The van der Waals surface area contributed by atoms with Crippen LogP contribution in [0.1, 0.15) is 37.8 Å². The number of hydrogen-bond donors (Lipinski definition) is 0. The van der Waals surface area contributed by atoms with Crippen LogP contribution >= 0.6 is 0 Å². The molecule has 1 unspecified atom stereocenters. The van der Waals surface area contributed by atoms with Crippen molar-refractivity contribution in [3.05, 3.63) is 23.3 Å². The average Bonchev–Trinajstić information content (AvgIpc) is 3.36. The minimum atomic E-state index is -3.72. The Morgan fingerprint density at radius 2 is 1.70 bits per heavy atom. The lowest BCUT2D eigenvalue weighted by molar-refractivity contribution is -0.137. The van der Waals surface area contributed by atoms with Crippen molar-refractivity contribution >= 4 is 21.8 Å². The van der Waals surface area contributed by atoms with Crippen LogP contribution in [0.25, 0.3) is 0 Å². The monoisotopic (exact) mass is 540 g/mol. The predicted molar refractivity (Wildman–Crippen MR) is 143 cm³/mol. The predicted octanol–water partition coefficient (Wildman–Crippen LogP) is 1.74. The molecular formula is C26H44N4O6S. The lowest BCUT2D eigenvalue weighted by Crippen LogP contribution is -2.42. The third-order valence-electron chi connectivity index (χ3n) is 7.11. The normalized spacial score (nSPS) is 16.0. The van der Waals surface area contributed by atoms with E-state index in [-0.39, 0.29) is 42.5 Å². The van der Waals surface area contributed by atoms with E-state index < -0.39 is 10.0 Å². The minimum absolute atomic E-state index is 0.0439. The van der Waals surface area contributed by atoms with Gasteiger partial charge in [0.05, 0.1) is 24.7 Å². The Kier molecular flexibility index (Phi) is 11.8. The minimum Gasteiger partial charge on any atom is -0.497 e. The van der Waals surface area contributed by atoms with Crippen molar-refractivity contribution in [2.45, 2.75) is 51.5 Å². The van der Waals surface area contributed by atoms with Gasteiger partial charge in [-0.3, -0.25) is 9.59 Å². The summed E-state index contributed by atoms with van der Waals surface area (Å²) in [6, 6.07) is 3.35. The summed E-state index contributed by atoms with van der Waals surface area (Å²) >= 11 is 0. The van der Waals surface area contributed by atoms with Gasteiger partial charge in [-0.05, 0) is 56.6 Å². The molecule has 0 aliphatic carbocycles. The molecule has 0 saturated carbocycles. The van der Waals surface area contributed by atoms with Crippen LogP contribution in [0.4, 0.5) is 0 Å². The number of rotatable bonds is 14. The summed E-state index contributed by atoms with van der Waals surface area (Å²) < 4.78 is 38.2. The van der Waals surface area contributed by atoms with E-state index in [0.717, 1.165) is 26.1 Å². The lowest BCUT2D eigenvalue weighted by atomic mass is 10.1. The van der Waals surface area contributed by atoms with E-state index >= 15 is 0 Å². The Morgan fingerprint density at radius 3 is 2.27 bits per heavy atom. The molecule has 0 aromatic heterocycles. The smallest absolute Gasteiger partial charge is 0.248 e. The topological polar surface area (TPSA) is 99.7 Å². The van der Waals surface area contributed by atoms with E-state index in [4.69, 9.17) is 9.47 Å². The van der Waals surface area contributed by atoms with E-state index in [1.165, 1.54) is 11.4 Å². The maximum Gasteiger partial charge on any atom is 0.248 e. The van der Waals surface area contributed by atoms with E-state index in [1.807, 2.05) is 4.90 Å². The van der Waals surface area contributed by atoms with Crippen LogP contribution in [0.2, 0.25) is 0 Å². The van der Waals surface area contributed by atoms with Crippen molar-refractivity contribution in [1.29, 1.82) is 0 Å². The van der Waals surface area contributed by atoms with Crippen molar-refractivity contribution in [3.8, 4) is 5.75 Å². The van der Waals surface area contributed by atoms with Gasteiger partial charge in [-0.15, -0.1) is 0 Å². The Bertz CT molecular complexity index is 1000. The molecule has 210 valence electrons. The fourth-order valence-electron chi connectivity index (χ4n) is 4.61. The van der Waals surface area contributed by atoms with Crippen molar-refractivity contribution in [1.82, 2.24) is 19.0 Å². The van der Waals surface area contributed by atoms with Crippen LogP contribution in [0, 0.1) is 13.8 Å². The molecule has 1 atom stereocenters. The molecule has 1 aromatic rings. The highest BCUT2D eigenvalue weighted by Gasteiger charge is 2.31. The van der Waals surface area contributed by atoms with Crippen LogP contribution in [0.3, 0.4) is 0 Å². The number of ether oxygens (including phenoxy) is 2. The highest BCUT2D eigenvalue weighted by Crippen LogP contribution is 2.27. The first-order valence-corrected chi connectivity index (χ1v) is 14.3. The average molecular weight is 541 g/mol. The van der Waals surface area contributed by atoms with Crippen LogP contribution < -0.4 is 4.74 Å². The SMILES string of the molecule is CCN(CC)CCC(=O)N1CCC(N(C)C(=O)COCCN(C)S(=O)(=O)c2c(C)cc(OC)cc2C)C1. The summed E-state index contributed by atoms with van der Waals surface area (Å²) in [6.07, 6.45) is 1.22. The summed E-state index contributed by atoms with van der Waals surface area (Å²) in [4.78, 5) is 31.2. The molecule has 1 aromatic carbocycles. The fraction of sp³-hybridized carbons (Fsp3) is 0.692. The van der Waals surface area contributed by atoms with E-state index in [1.54, 1.807) is 45.0 Å². The van der Waals surface area contributed by atoms with Gasteiger partial charge in [0.25, 0.3) is 0 Å². The third kappa shape index (κ3) is 8.13. The highest BCUT2D eigenvalue weighted by atomic mass is 32.2. The standard InChI is InChI=1S/C26H44N4O6S/c1-8-29(9-2)12-11-24(31)30-13-10-22(18-30)28(6)25(32)19-36-15-14-27(5)37(33,34)26-20(3)16-23(35-7)17-21(26)4/h16-17,22H,8-15,18-19H2,1-7H3. The number of benzene rings is 1. The summed E-state index contributed by atoms with van der Waals surface area (Å²) in [7, 11) is 1.05. The Morgan fingerprint density at radius 1 is 1.08 bits per heavy atom. The Hall–Kier alpha value is -2.21. The van der Waals surface area contributed by atoms with Gasteiger partial charge in [0.2, 0.25) is 21.8 Å². The first kappa shape index (κ1) is 31.0. The second-order valence-corrected chi connectivity index (χ2v) is 11.5. The molecule has 37 heavy (non-hydrogen) atoms. The van der Waals surface area contributed by atoms with E-state index in [0.29, 0.717) is 36.4 Å². The number of nitrogens with zero attached hydrogens (tertiary/aromatic N) is 4. The van der Waals surface area contributed by atoms with Crippen molar-refractivity contribution in [2.24, 2.45) is 0 Å². The van der Waals surface area contributed by atoms with Crippen molar-refractivity contribution in [2.75, 3.05) is 73.7 Å². The van der Waals surface area contributed by atoms with Crippen molar-refractivity contribution in [3.63, 3.8) is 0 Å². The number of amides is 2. The zero-order chi connectivity index (χ0) is 27.8. The van der Waals surface area contributed by atoms with Crippen LogP contribution in [-0.2, 0) is 24.3 Å².